The molecule has 0 bridgehead atoms. The third-order valence-electron chi connectivity index (χ3n) is 2.61. The van der Waals surface area contributed by atoms with Crippen LogP contribution < -0.4 is 5.32 Å². The number of carbonyl (C=O) groups is 2. The highest BCUT2D eigenvalue weighted by Crippen LogP contribution is 2.19. The van der Waals surface area contributed by atoms with Crippen molar-refractivity contribution in [1.29, 1.82) is 0 Å². The van der Waals surface area contributed by atoms with E-state index in [4.69, 9.17) is 5.11 Å². The van der Waals surface area contributed by atoms with Crippen molar-refractivity contribution in [1.82, 2.24) is 5.32 Å². The minimum Gasteiger partial charge on any atom is -0.475 e. The van der Waals surface area contributed by atoms with Gasteiger partial charge in [0.2, 0.25) is 11.7 Å². The van der Waals surface area contributed by atoms with Crippen LogP contribution in [0.1, 0.15) is 29.0 Å². The first kappa shape index (κ1) is 13.6. The Morgan fingerprint density at radius 2 is 2.11 bits per heavy atom. The maximum Gasteiger partial charge on any atom is 0.372 e. The Labute approximate surface area is 109 Å². The first-order valence-electron chi connectivity index (χ1n) is 5.67. The molecule has 1 fully saturated rings. The van der Waals surface area contributed by atoms with Crippen molar-refractivity contribution in [3.8, 4) is 0 Å². The highest BCUT2D eigenvalue weighted by Gasteiger charge is 2.27. The van der Waals surface area contributed by atoms with Crippen LogP contribution in [0.25, 0.3) is 0 Å². The summed E-state index contributed by atoms with van der Waals surface area (Å²) >= 11 is 0. The van der Waals surface area contributed by atoms with E-state index in [-0.39, 0.29) is 11.6 Å². The maximum atomic E-state index is 11.8. The van der Waals surface area contributed by atoms with Crippen molar-refractivity contribution in [2.45, 2.75) is 24.6 Å². The van der Waals surface area contributed by atoms with E-state index in [0.717, 1.165) is 19.1 Å². The van der Waals surface area contributed by atoms with Crippen LogP contribution in [-0.4, -0.2) is 37.2 Å². The molecule has 104 valence electrons. The molecule has 1 amide bonds. The number of carboxylic acid groups (broad SMARTS) is 1. The maximum absolute atomic E-state index is 11.8. The molecule has 1 aliphatic carbocycles. The van der Waals surface area contributed by atoms with Gasteiger partial charge in [-0.1, -0.05) is 0 Å². The van der Waals surface area contributed by atoms with E-state index in [2.05, 4.69) is 9.73 Å². The zero-order valence-electron chi connectivity index (χ0n) is 9.96. The predicted octanol–water partition coefficient (Wildman–Crippen LogP) is 0.171. The fourth-order valence-electron chi connectivity index (χ4n) is 1.62. The topological polar surface area (TPSA) is 114 Å². The normalized spacial score (nSPS) is 15.2. The Kier molecular flexibility index (Phi) is 3.61. The van der Waals surface area contributed by atoms with Gasteiger partial charge in [-0.15, -0.1) is 0 Å². The second kappa shape index (κ2) is 5.04. The summed E-state index contributed by atoms with van der Waals surface area (Å²) in [6.45, 7) is 0. The molecular weight excluding hydrogens is 274 g/mol. The number of nitrogens with one attached hydrogen (secondary N) is 1. The summed E-state index contributed by atoms with van der Waals surface area (Å²) in [5.74, 6) is -3.47. The van der Waals surface area contributed by atoms with E-state index in [1.807, 2.05) is 0 Å². The third-order valence-corrected chi connectivity index (χ3v) is 4.06. The first-order valence-corrected chi connectivity index (χ1v) is 7.49. The summed E-state index contributed by atoms with van der Waals surface area (Å²) in [7, 11) is -3.71. The minimum absolute atomic E-state index is 0.0479. The van der Waals surface area contributed by atoms with E-state index in [1.165, 1.54) is 6.07 Å². The zero-order chi connectivity index (χ0) is 14.0. The van der Waals surface area contributed by atoms with Crippen molar-refractivity contribution < 1.29 is 27.5 Å². The van der Waals surface area contributed by atoms with Crippen LogP contribution in [0, 0.1) is 0 Å². The van der Waals surface area contributed by atoms with Crippen molar-refractivity contribution in [2.24, 2.45) is 0 Å². The molecule has 8 heteroatoms. The van der Waals surface area contributed by atoms with Crippen LogP contribution in [0.15, 0.2) is 16.7 Å². The van der Waals surface area contributed by atoms with Gasteiger partial charge in [-0.3, -0.25) is 4.79 Å². The average Bonchev–Trinajstić information content (AvgIpc) is 2.93. The lowest BCUT2D eigenvalue weighted by molar-refractivity contribution is -0.118. The van der Waals surface area contributed by atoms with Gasteiger partial charge < -0.3 is 14.8 Å². The van der Waals surface area contributed by atoms with Gasteiger partial charge in [-0.2, -0.15) is 0 Å². The molecule has 1 saturated carbocycles. The quantitative estimate of drug-likeness (QED) is 0.771. The summed E-state index contributed by atoms with van der Waals surface area (Å²) in [5.41, 5.74) is 0.0479. The number of aromatic carboxylic acids is 1. The number of carbonyl (C=O) groups excluding carboxylic acids is 1. The van der Waals surface area contributed by atoms with Gasteiger partial charge in [0.1, 0.15) is 5.75 Å². The third kappa shape index (κ3) is 3.82. The second-order valence-electron chi connectivity index (χ2n) is 4.45. The molecule has 1 aromatic rings. The number of hydrogen-bond acceptors (Lipinski definition) is 5. The molecule has 2 N–H and O–H groups in total. The van der Waals surface area contributed by atoms with Gasteiger partial charge in [-0.25, -0.2) is 13.2 Å². The van der Waals surface area contributed by atoms with Crippen LogP contribution in [0.3, 0.4) is 0 Å². The summed E-state index contributed by atoms with van der Waals surface area (Å²) in [6.07, 6.45) is 2.85. The molecule has 0 spiro atoms. The monoisotopic (exact) mass is 287 g/mol. The summed E-state index contributed by atoms with van der Waals surface area (Å²) < 4.78 is 28.3. The highest BCUT2D eigenvalue weighted by atomic mass is 32.2. The smallest absolute Gasteiger partial charge is 0.372 e. The molecule has 2 rings (SSSR count). The van der Waals surface area contributed by atoms with Crippen molar-refractivity contribution >= 4 is 21.7 Å². The van der Waals surface area contributed by atoms with Gasteiger partial charge in [0.05, 0.1) is 12.0 Å². The van der Waals surface area contributed by atoms with E-state index >= 15 is 0 Å². The molecule has 1 aromatic heterocycles. The molecule has 0 aliphatic heterocycles. The molecule has 0 aromatic carbocycles. The minimum atomic E-state index is -3.71. The lowest BCUT2D eigenvalue weighted by atomic mass is 10.3. The van der Waals surface area contributed by atoms with Crippen molar-refractivity contribution in [3.05, 3.63) is 23.7 Å². The summed E-state index contributed by atoms with van der Waals surface area (Å²) in [4.78, 5) is 22.2. The molecule has 0 unspecified atom stereocenters. The average molecular weight is 287 g/mol. The Balaban J connectivity index is 2.01. The van der Waals surface area contributed by atoms with Crippen molar-refractivity contribution in [2.75, 3.05) is 5.75 Å². The molecule has 0 radical (unpaired) electrons. The number of furan rings is 1. The molecule has 1 aliphatic rings. The fraction of sp³-hybridized carbons (Fsp3) is 0.455. The van der Waals surface area contributed by atoms with Gasteiger partial charge >= 0.3 is 5.97 Å². The van der Waals surface area contributed by atoms with E-state index < -0.39 is 39.0 Å². The summed E-state index contributed by atoms with van der Waals surface area (Å²) in [5, 5.41) is 11.4. The molecule has 19 heavy (non-hydrogen) atoms. The number of amides is 1. The van der Waals surface area contributed by atoms with Crippen molar-refractivity contribution in [3.63, 3.8) is 0 Å². The number of carboxylic acids is 1. The Morgan fingerprint density at radius 3 is 2.68 bits per heavy atom. The van der Waals surface area contributed by atoms with Crippen LogP contribution in [0.2, 0.25) is 0 Å². The molecule has 7 nitrogen and oxygen atoms in total. The standard InChI is InChI=1S/C11H13NO6S/c13-9(12-8-1-2-8)6-19(16,17)5-7-3-4-18-10(7)11(14)15/h3-4,8H,1-2,5-6H2,(H,12,13)(H,14,15). The van der Waals surface area contributed by atoms with Crippen LogP contribution in [0.4, 0.5) is 0 Å². The second-order valence-corrected chi connectivity index (χ2v) is 6.52. The Morgan fingerprint density at radius 1 is 1.42 bits per heavy atom. The number of hydrogen-bond donors (Lipinski definition) is 2. The molecular formula is C11H13NO6S. The van der Waals surface area contributed by atoms with Gasteiger partial charge in [0.15, 0.2) is 9.84 Å². The van der Waals surface area contributed by atoms with Gasteiger partial charge in [-0.05, 0) is 18.9 Å². The predicted molar refractivity (Wildman–Crippen MR) is 64.3 cm³/mol. The SMILES string of the molecule is O=C(CS(=O)(=O)Cc1ccoc1C(=O)O)NC1CC1. The van der Waals surface area contributed by atoms with Crippen LogP contribution in [-0.2, 0) is 20.4 Å². The number of rotatable bonds is 6. The lowest BCUT2D eigenvalue weighted by Crippen LogP contribution is -2.32. The highest BCUT2D eigenvalue weighted by molar-refractivity contribution is 7.91. The van der Waals surface area contributed by atoms with E-state index in [0.29, 0.717) is 0 Å². The zero-order valence-corrected chi connectivity index (χ0v) is 10.8. The fourth-order valence-corrected chi connectivity index (χ4v) is 2.91. The molecule has 0 saturated heterocycles. The van der Waals surface area contributed by atoms with E-state index in [9.17, 15) is 18.0 Å². The largest absolute Gasteiger partial charge is 0.475 e. The number of sulfone groups is 1. The van der Waals surface area contributed by atoms with Gasteiger partial charge in [0.25, 0.3) is 0 Å². The van der Waals surface area contributed by atoms with Crippen LogP contribution >= 0.6 is 0 Å². The Hall–Kier alpha value is -1.83. The van der Waals surface area contributed by atoms with Crippen LogP contribution in [0.5, 0.6) is 0 Å². The molecule has 1 heterocycles. The van der Waals surface area contributed by atoms with Gasteiger partial charge in [0, 0.05) is 11.6 Å². The Bertz CT molecular complexity index is 598. The summed E-state index contributed by atoms with van der Waals surface area (Å²) in [6, 6.07) is 1.37. The molecule has 0 atom stereocenters. The first-order chi connectivity index (χ1) is 8.87. The van der Waals surface area contributed by atoms with E-state index in [1.54, 1.807) is 0 Å². The lowest BCUT2D eigenvalue weighted by Gasteiger charge is -2.04.